The molecule has 3 rings (SSSR count). The van der Waals surface area contributed by atoms with Gasteiger partial charge in [0.15, 0.2) is 14.6 Å². The second kappa shape index (κ2) is 8.81. The largest absolute Gasteiger partial charge is 0.476 e. The van der Waals surface area contributed by atoms with Gasteiger partial charge in [0, 0.05) is 17.8 Å². The molecule has 0 saturated carbocycles. The summed E-state index contributed by atoms with van der Waals surface area (Å²) in [6, 6.07) is 1.69. The van der Waals surface area contributed by atoms with Crippen molar-refractivity contribution in [3.05, 3.63) is 49.5 Å². The number of hydrogen-bond acceptors (Lipinski definition) is 8. The van der Waals surface area contributed by atoms with E-state index in [0.717, 1.165) is 11.3 Å². The van der Waals surface area contributed by atoms with Crippen molar-refractivity contribution in [1.29, 1.82) is 0 Å². The lowest BCUT2D eigenvalue weighted by molar-refractivity contribution is 0.0691. The van der Waals surface area contributed by atoms with Gasteiger partial charge < -0.3 is 10.0 Å². The first-order valence-corrected chi connectivity index (χ1v) is 8.90. The van der Waals surface area contributed by atoms with E-state index < -0.39 is 5.97 Å². The lowest BCUT2D eigenvalue weighted by Crippen LogP contribution is -2.26. The first-order chi connectivity index (χ1) is 11.9. The van der Waals surface area contributed by atoms with Crippen LogP contribution in [-0.4, -0.2) is 44.2 Å². The van der Waals surface area contributed by atoms with Crippen molar-refractivity contribution in [1.82, 2.24) is 20.2 Å². The van der Waals surface area contributed by atoms with Crippen LogP contribution in [0, 0.1) is 0 Å². The van der Waals surface area contributed by atoms with Crippen molar-refractivity contribution in [2.45, 2.75) is 0 Å². The average molecular weight is 418 g/mol. The topological polar surface area (TPSA) is 109 Å². The van der Waals surface area contributed by atoms with Gasteiger partial charge in [0.1, 0.15) is 5.69 Å². The molecule has 0 aromatic carbocycles. The van der Waals surface area contributed by atoms with Crippen molar-refractivity contribution >= 4 is 63.4 Å². The maximum atomic E-state index is 11.9. The molecule has 0 saturated heterocycles. The molecule has 0 aliphatic carbocycles. The molecule has 0 spiro atoms. The molecular formula is C13H9Cl2N5O3S2. The van der Waals surface area contributed by atoms with E-state index in [1.165, 1.54) is 34.0 Å². The van der Waals surface area contributed by atoms with Gasteiger partial charge in [-0.05, 0) is 6.07 Å². The SMILES string of the molecule is CN(C(=O)c1csc(Cl)n1)c1ccnnc1.O=C(O)c1csc(Cl)n1. The van der Waals surface area contributed by atoms with Crippen LogP contribution in [0.4, 0.5) is 5.69 Å². The molecule has 0 radical (unpaired) electrons. The molecule has 3 aromatic rings. The number of aromatic nitrogens is 4. The number of carbonyl (C=O) groups excluding carboxylic acids is 1. The van der Waals surface area contributed by atoms with Gasteiger partial charge in [-0.2, -0.15) is 10.2 Å². The van der Waals surface area contributed by atoms with Crippen molar-refractivity contribution in [2.75, 3.05) is 11.9 Å². The number of anilines is 1. The summed E-state index contributed by atoms with van der Waals surface area (Å²) in [5, 5.41) is 18.6. The van der Waals surface area contributed by atoms with Gasteiger partial charge in [-0.25, -0.2) is 14.8 Å². The quantitative estimate of drug-likeness (QED) is 0.695. The maximum Gasteiger partial charge on any atom is 0.355 e. The molecular weight excluding hydrogens is 409 g/mol. The predicted octanol–water partition coefficient (Wildman–Crippen LogP) is 3.36. The molecule has 1 amide bonds. The molecule has 1 N–H and O–H groups in total. The Morgan fingerprint density at radius 1 is 1.08 bits per heavy atom. The number of nitrogens with zero attached hydrogens (tertiary/aromatic N) is 5. The lowest BCUT2D eigenvalue weighted by Gasteiger charge is -2.14. The normalized spacial score (nSPS) is 9.88. The molecule has 12 heteroatoms. The van der Waals surface area contributed by atoms with Crippen molar-refractivity contribution in [3.8, 4) is 0 Å². The summed E-state index contributed by atoms with van der Waals surface area (Å²) in [4.78, 5) is 30.9. The highest BCUT2D eigenvalue weighted by molar-refractivity contribution is 7.14. The summed E-state index contributed by atoms with van der Waals surface area (Å²) >= 11 is 13.3. The van der Waals surface area contributed by atoms with Gasteiger partial charge in [-0.15, -0.1) is 22.7 Å². The summed E-state index contributed by atoms with van der Waals surface area (Å²) < 4.78 is 0.608. The molecule has 3 heterocycles. The Hall–Kier alpha value is -2.14. The molecule has 0 fully saturated rings. The summed E-state index contributed by atoms with van der Waals surface area (Å²) in [6.07, 6.45) is 3.03. The smallest absolute Gasteiger partial charge is 0.355 e. The van der Waals surface area contributed by atoms with E-state index in [1.54, 1.807) is 18.5 Å². The fraction of sp³-hybridized carbons (Fsp3) is 0.0769. The predicted molar refractivity (Wildman–Crippen MR) is 96.0 cm³/mol. The van der Waals surface area contributed by atoms with Crippen LogP contribution in [0.25, 0.3) is 0 Å². The second-order valence-electron chi connectivity index (χ2n) is 4.24. The number of hydrogen-bond donors (Lipinski definition) is 1. The van der Waals surface area contributed by atoms with E-state index in [9.17, 15) is 9.59 Å². The summed E-state index contributed by atoms with van der Waals surface area (Å²) in [7, 11) is 1.65. The minimum atomic E-state index is -1.04. The third-order valence-corrected chi connectivity index (χ3v) is 4.61. The zero-order valence-electron chi connectivity index (χ0n) is 12.5. The average Bonchev–Trinajstić information content (AvgIpc) is 3.23. The number of rotatable bonds is 3. The van der Waals surface area contributed by atoms with Crippen LogP contribution in [0.1, 0.15) is 21.0 Å². The number of thiazole rings is 2. The fourth-order valence-corrected chi connectivity index (χ4v) is 2.95. The number of amides is 1. The van der Waals surface area contributed by atoms with Gasteiger partial charge >= 0.3 is 5.97 Å². The lowest BCUT2D eigenvalue weighted by atomic mass is 10.3. The van der Waals surface area contributed by atoms with Crippen LogP contribution < -0.4 is 4.90 Å². The third-order valence-electron chi connectivity index (χ3n) is 2.65. The Labute approximate surface area is 159 Å². The number of carboxylic acids is 1. The van der Waals surface area contributed by atoms with Crippen molar-refractivity contribution in [3.63, 3.8) is 0 Å². The van der Waals surface area contributed by atoms with E-state index in [-0.39, 0.29) is 16.1 Å². The first-order valence-electron chi connectivity index (χ1n) is 6.38. The molecule has 25 heavy (non-hydrogen) atoms. The Bertz CT molecular complexity index is 871. The summed E-state index contributed by atoms with van der Waals surface area (Å²) in [5.74, 6) is -1.27. The highest BCUT2D eigenvalue weighted by atomic mass is 35.5. The molecule has 0 unspecified atom stereocenters. The Balaban J connectivity index is 0.000000212. The van der Waals surface area contributed by atoms with Gasteiger partial charge in [0.05, 0.1) is 18.1 Å². The van der Waals surface area contributed by atoms with Crippen LogP contribution >= 0.6 is 45.9 Å². The van der Waals surface area contributed by atoms with E-state index in [1.807, 2.05) is 0 Å². The van der Waals surface area contributed by atoms with Crippen LogP contribution in [0.15, 0.2) is 29.2 Å². The summed E-state index contributed by atoms with van der Waals surface area (Å²) in [6.45, 7) is 0. The number of carboxylic acid groups (broad SMARTS) is 1. The summed E-state index contributed by atoms with van der Waals surface area (Å²) in [5.41, 5.74) is 0.989. The van der Waals surface area contributed by atoms with Crippen molar-refractivity contribution in [2.24, 2.45) is 0 Å². The van der Waals surface area contributed by atoms with Crippen LogP contribution in [0.2, 0.25) is 8.93 Å². The zero-order valence-corrected chi connectivity index (χ0v) is 15.6. The molecule has 0 atom stereocenters. The molecule has 130 valence electrons. The molecule has 3 aromatic heterocycles. The van der Waals surface area contributed by atoms with Gasteiger partial charge in [0.2, 0.25) is 0 Å². The second-order valence-corrected chi connectivity index (χ2v) is 7.12. The van der Waals surface area contributed by atoms with Crippen LogP contribution in [-0.2, 0) is 0 Å². The van der Waals surface area contributed by atoms with Crippen LogP contribution in [0.5, 0.6) is 0 Å². The van der Waals surface area contributed by atoms with Gasteiger partial charge in [0.25, 0.3) is 5.91 Å². The van der Waals surface area contributed by atoms with Crippen LogP contribution in [0.3, 0.4) is 0 Å². The van der Waals surface area contributed by atoms with Gasteiger partial charge in [-0.3, -0.25) is 4.79 Å². The Morgan fingerprint density at radius 3 is 2.08 bits per heavy atom. The molecule has 0 aliphatic heterocycles. The fourth-order valence-electron chi connectivity index (χ4n) is 1.47. The standard InChI is InChI=1S/C9H7ClN4OS.C4H2ClNO2S/c1-14(6-2-3-11-12-4-6)8(15)7-5-16-9(10)13-7;5-4-6-2(1-9-4)3(7)8/h2-5H,1H3;1H,(H,7,8). The van der Waals surface area contributed by atoms with Gasteiger partial charge in [-0.1, -0.05) is 23.2 Å². The van der Waals surface area contributed by atoms with E-state index >= 15 is 0 Å². The monoisotopic (exact) mass is 417 g/mol. The Morgan fingerprint density at radius 2 is 1.68 bits per heavy atom. The Kier molecular flexibility index (Phi) is 6.76. The maximum absolute atomic E-state index is 11.9. The molecule has 0 bridgehead atoms. The number of carbonyl (C=O) groups is 2. The van der Waals surface area contributed by atoms with E-state index in [0.29, 0.717) is 15.8 Å². The minimum absolute atomic E-state index is 0.00463. The molecule has 0 aliphatic rings. The molecule has 8 nitrogen and oxygen atoms in total. The number of aromatic carboxylic acids is 1. The first kappa shape index (κ1) is 19.2. The number of halogens is 2. The highest BCUT2D eigenvalue weighted by Gasteiger charge is 2.16. The van der Waals surface area contributed by atoms with E-state index in [4.69, 9.17) is 28.3 Å². The van der Waals surface area contributed by atoms with Crippen molar-refractivity contribution < 1.29 is 14.7 Å². The highest BCUT2D eigenvalue weighted by Crippen LogP contribution is 2.18. The minimum Gasteiger partial charge on any atom is -0.476 e. The third kappa shape index (κ3) is 5.43. The zero-order chi connectivity index (χ0) is 18.4. The van der Waals surface area contributed by atoms with E-state index in [2.05, 4.69) is 20.2 Å².